The van der Waals surface area contributed by atoms with Crippen molar-refractivity contribution in [2.24, 2.45) is 0 Å². The van der Waals surface area contributed by atoms with E-state index in [2.05, 4.69) is 5.32 Å². The smallest absolute Gasteiger partial charge is 0.436 e. The second kappa shape index (κ2) is 3.67. The molecule has 1 unspecified atom stereocenters. The van der Waals surface area contributed by atoms with E-state index < -0.39 is 4.92 Å². The molecule has 2 heterocycles. The van der Waals surface area contributed by atoms with Gasteiger partial charge in [0.05, 0.1) is 6.07 Å². The minimum atomic E-state index is -0.584. The van der Waals surface area contributed by atoms with Crippen LogP contribution in [-0.4, -0.2) is 24.1 Å². The van der Waals surface area contributed by atoms with Crippen LogP contribution in [0.15, 0.2) is 16.5 Å². The third-order valence-corrected chi connectivity index (χ3v) is 2.05. The number of hydrogen-bond donors (Lipinski definition) is 1. The molecule has 1 saturated heterocycles. The fraction of sp³-hybridized carbons (Fsp3) is 0.500. The van der Waals surface area contributed by atoms with Crippen LogP contribution < -0.4 is 10.1 Å². The zero-order chi connectivity index (χ0) is 9.97. The van der Waals surface area contributed by atoms with E-state index in [0.29, 0.717) is 0 Å². The molecule has 0 aliphatic carbocycles. The van der Waals surface area contributed by atoms with Crippen LogP contribution >= 0.6 is 0 Å². The normalized spacial score (nSPS) is 21.0. The Morgan fingerprint density at radius 3 is 3.07 bits per heavy atom. The van der Waals surface area contributed by atoms with E-state index >= 15 is 0 Å². The Balaban J connectivity index is 1.98. The largest absolute Gasteiger partial charge is 0.460 e. The lowest BCUT2D eigenvalue weighted by Crippen LogP contribution is -2.19. The van der Waals surface area contributed by atoms with Crippen molar-refractivity contribution in [2.75, 3.05) is 13.1 Å². The van der Waals surface area contributed by atoms with Crippen molar-refractivity contribution in [3.05, 3.63) is 22.2 Å². The van der Waals surface area contributed by atoms with E-state index in [-0.39, 0.29) is 17.9 Å². The molecule has 0 bridgehead atoms. The molecule has 1 aromatic rings. The Hall–Kier alpha value is -1.56. The number of furan rings is 1. The predicted octanol–water partition coefficient (Wildman–Crippen LogP) is 0.928. The zero-order valence-electron chi connectivity index (χ0n) is 7.43. The lowest BCUT2D eigenvalue weighted by atomic mass is 10.3. The second-order valence-corrected chi connectivity index (χ2v) is 3.08. The van der Waals surface area contributed by atoms with Gasteiger partial charge in [0.25, 0.3) is 5.95 Å². The molecule has 76 valence electrons. The Labute approximate surface area is 80.0 Å². The van der Waals surface area contributed by atoms with Gasteiger partial charge in [-0.2, -0.15) is 0 Å². The number of nitro groups is 1. The van der Waals surface area contributed by atoms with Gasteiger partial charge in [0.2, 0.25) is 0 Å². The summed E-state index contributed by atoms with van der Waals surface area (Å²) in [5.41, 5.74) is 0. The molecular weight excluding hydrogens is 188 g/mol. The highest BCUT2D eigenvalue weighted by Gasteiger charge is 2.19. The van der Waals surface area contributed by atoms with Crippen LogP contribution in [0.5, 0.6) is 5.95 Å². The van der Waals surface area contributed by atoms with Crippen LogP contribution in [0.1, 0.15) is 6.42 Å². The number of ether oxygens (including phenoxy) is 1. The average Bonchev–Trinajstić information content (AvgIpc) is 2.75. The van der Waals surface area contributed by atoms with Crippen molar-refractivity contribution in [2.45, 2.75) is 12.5 Å². The lowest BCUT2D eigenvalue weighted by Gasteiger charge is -2.07. The third-order valence-electron chi connectivity index (χ3n) is 2.05. The Morgan fingerprint density at radius 1 is 1.64 bits per heavy atom. The molecule has 6 heteroatoms. The monoisotopic (exact) mass is 198 g/mol. The second-order valence-electron chi connectivity index (χ2n) is 3.08. The van der Waals surface area contributed by atoms with Crippen LogP contribution in [0.3, 0.4) is 0 Å². The van der Waals surface area contributed by atoms with Crippen molar-refractivity contribution < 1.29 is 14.1 Å². The molecule has 2 rings (SSSR count). The van der Waals surface area contributed by atoms with E-state index in [9.17, 15) is 10.1 Å². The quantitative estimate of drug-likeness (QED) is 0.577. The van der Waals surface area contributed by atoms with Gasteiger partial charge in [0, 0.05) is 12.6 Å². The maximum atomic E-state index is 10.3. The summed E-state index contributed by atoms with van der Waals surface area (Å²) < 4.78 is 10.2. The zero-order valence-corrected chi connectivity index (χ0v) is 7.43. The van der Waals surface area contributed by atoms with Crippen LogP contribution in [0.25, 0.3) is 0 Å². The summed E-state index contributed by atoms with van der Waals surface area (Å²) in [6.45, 7) is 1.67. The molecule has 0 aromatic carbocycles. The molecule has 0 radical (unpaired) electrons. The molecule has 1 N–H and O–H groups in total. The number of nitrogens with zero attached hydrogens (tertiary/aromatic N) is 1. The van der Waals surface area contributed by atoms with Crippen LogP contribution in [0, 0.1) is 10.1 Å². The first-order valence-electron chi connectivity index (χ1n) is 4.37. The van der Waals surface area contributed by atoms with E-state index in [1.807, 2.05) is 0 Å². The van der Waals surface area contributed by atoms with Crippen LogP contribution in [0.2, 0.25) is 0 Å². The Kier molecular flexibility index (Phi) is 2.36. The summed E-state index contributed by atoms with van der Waals surface area (Å²) in [6, 6.07) is 2.76. The number of rotatable bonds is 3. The molecule has 6 nitrogen and oxygen atoms in total. The maximum Gasteiger partial charge on any atom is 0.436 e. The first-order chi connectivity index (χ1) is 6.75. The van der Waals surface area contributed by atoms with Gasteiger partial charge in [0.1, 0.15) is 11.0 Å². The van der Waals surface area contributed by atoms with Crippen molar-refractivity contribution in [1.82, 2.24) is 5.32 Å². The third kappa shape index (κ3) is 1.85. The van der Waals surface area contributed by atoms with Gasteiger partial charge in [-0.25, -0.2) is 0 Å². The lowest BCUT2D eigenvalue weighted by molar-refractivity contribution is -0.402. The van der Waals surface area contributed by atoms with Crippen molar-refractivity contribution >= 4 is 5.88 Å². The summed E-state index contributed by atoms with van der Waals surface area (Å²) in [6.07, 6.45) is 0.954. The summed E-state index contributed by atoms with van der Waals surface area (Å²) in [4.78, 5) is 9.71. The maximum absolute atomic E-state index is 10.3. The van der Waals surface area contributed by atoms with Gasteiger partial charge < -0.3 is 14.5 Å². The van der Waals surface area contributed by atoms with E-state index in [1.165, 1.54) is 12.1 Å². The minimum absolute atomic E-state index is 0.0563. The highest BCUT2D eigenvalue weighted by molar-refractivity contribution is 5.21. The molecular formula is C8H10N2O4. The average molecular weight is 198 g/mol. The minimum Gasteiger partial charge on any atom is -0.460 e. The van der Waals surface area contributed by atoms with Gasteiger partial charge in [-0.1, -0.05) is 0 Å². The first-order valence-corrected chi connectivity index (χ1v) is 4.37. The van der Waals surface area contributed by atoms with Gasteiger partial charge in [-0.15, -0.1) is 0 Å². The molecule has 1 aromatic heterocycles. The SMILES string of the molecule is O=[N+]([O-])c1ccc(OC2CCNC2)o1. The van der Waals surface area contributed by atoms with Crippen molar-refractivity contribution in [3.63, 3.8) is 0 Å². The highest BCUT2D eigenvalue weighted by atomic mass is 16.7. The molecule has 1 aliphatic rings. The molecule has 14 heavy (non-hydrogen) atoms. The molecule has 1 aliphatic heterocycles. The van der Waals surface area contributed by atoms with Crippen molar-refractivity contribution in [3.8, 4) is 5.95 Å². The van der Waals surface area contributed by atoms with Gasteiger partial charge in [-0.3, -0.25) is 10.1 Å². The van der Waals surface area contributed by atoms with Gasteiger partial charge >= 0.3 is 5.88 Å². The summed E-state index contributed by atoms with van der Waals surface area (Å²) in [5, 5.41) is 13.4. The number of hydrogen-bond acceptors (Lipinski definition) is 5. The Morgan fingerprint density at radius 2 is 2.50 bits per heavy atom. The molecule has 0 spiro atoms. The van der Waals surface area contributed by atoms with Gasteiger partial charge in [-0.05, 0) is 13.0 Å². The van der Waals surface area contributed by atoms with E-state index in [1.54, 1.807) is 0 Å². The Bertz CT molecular complexity index is 330. The fourth-order valence-electron chi connectivity index (χ4n) is 1.36. The van der Waals surface area contributed by atoms with Crippen molar-refractivity contribution in [1.29, 1.82) is 0 Å². The summed E-state index contributed by atoms with van der Waals surface area (Å²) in [7, 11) is 0. The first kappa shape index (κ1) is 9.01. The topological polar surface area (TPSA) is 77.5 Å². The standard InChI is InChI=1S/C8H10N2O4/c11-10(12)7-1-2-8(14-7)13-6-3-4-9-5-6/h1-2,6,9H,3-5H2. The van der Waals surface area contributed by atoms with Gasteiger partial charge in [0.15, 0.2) is 0 Å². The fourth-order valence-corrected chi connectivity index (χ4v) is 1.36. The molecule has 0 amide bonds. The van der Waals surface area contributed by atoms with Crippen LogP contribution in [0.4, 0.5) is 5.88 Å². The number of nitrogens with one attached hydrogen (secondary N) is 1. The molecule has 1 fully saturated rings. The summed E-state index contributed by atoms with van der Waals surface area (Å²) >= 11 is 0. The predicted molar refractivity (Wildman–Crippen MR) is 47.3 cm³/mol. The molecule has 1 atom stereocenters. The highest BCUT2D eigenvalue weighted by Crippen LogP contribution is 2.23. The van der Waals surface area contributed by atoms with E-state index in [4.69, 9.17) is 9.15 Å². The van der Waals surface area contributed by atoms with Crippen LogP contribution in [-0.2, 0) is 0 Å². The summed E-state index contributed by atoms with van der Waals surface area (Å²) in [5.74, 6) is -0.0728. The van der Waals surface area contributed by atoms with E-state index in [0.717, 1.165) is 19.5 Å². The molecule has 0 saturated carbocycles.